The van der Waals surface area contributed by atoms with Crippen LogP contribution in [0.1, 0.15) is 18.5 Å². The summed E-state index contributed by atoms with van der Waals surface area (Å²) in [5, 5.41) is 20.8. The van der Waals surface area contributed by atoms with E-state index in [0.29, 0.717) is 0 Å². The first-order chi connectivity index (χ1) is 7.17. The molecular weight excluding hydrogens is 197 g/mol. The van der Waals surface area contributed by atoms with Crippen LogP contribution >= 0.6 is 0 Å². The van der Waals surface area contributed by atoms with Gasteiger partial charge >= 0.3 is 0 Å². The quantitative estimate of drug-likeness (QED) is 0.679. The number of hydrogen-bond acceptors (Lipinski definition) is 3. The van der Waals surface area contributed by atoms with Crippen molar-refractivity contribution in [3.63, 3.8) is 0 Å². The van der Waals surface area contributed by atoms with E-state index in [2.05, 4.69) is 5.32 Å². The summed E-state index contributed by atoms with van der Waals surface area (Å²) in [6.45, 7) is 1.57. The summed E-state index contributed by atoms with van der Waals surface area (Å²) in [6, 6.07) is 5.77. The topological polar surface area (TPSA) is 52.5 Å². The first-order valence-electron chi connectivity index (χ1n) is 4.90. The van der Waals surface area contributed by atoms with Crippen molar-refractivity contribution in [2.45, 2.75) is 19.0 Å². The van der Waals surface area contributed by atoms with Gasteiger partial charge in [0.25, 0.3) is 0 Å². The largest absolute Gasteiger partial charge is 0.395 e. The third-order valence-electron chi connectivity index (χ3n) is 2.28. The molecule has 0 radical (unpaired) electrons. The van der Waals surface area contributed by atoms with Crippen molar-refractivity contribution in [2.75, 3.05) is 13.2 Å². The molecule has 1 aromatic rings. The number of nitrogens with one attached hydrogen (secondary N) is 1. The van der Waals surface area contributed by atoms with E-state index in [-0.39, 0.29) is 31.1 Å². The van der Waals surface area contributed by atoms with E-state index in [0.717, 1.165) is 5.56 Å². The number of benzene rings is 1. The summed E-state index contributed by atoms with van der Waals surface area (Å²) in [5.74, 6) is -0.286. The van der Waals surface area contributed by atoms with Gasteiger partial charge in [-0.3, -0.25) is 0 Å². The van der Waals surface area contributed by atoms with Crippen LogP contribution in [-0.4, -0.2) is 29.5 Å². The summed E-state index contributed by atoms with van der Waals surface area (Å²) >= 11 is 0. The van der Waals surface area contributed by atoms with Gasteiger partial charge in [0.15, 0.2) is 0 Å². The lowest BCUT2D eigenvalue weighted by Gasteiger charge is -2.20. The molecule has 0 bridgehead atoms. The monoisotopic (exact) mass is 213 g/mol. The summed E-state index contributed by atoms with van der Waals surface area (Å²) < 4.78 is 12.9. The summed E-state index contributed by atoms with van der Waals surface area (Å²) in [7, 11) is 0. The maximum Gasteiger partial charge on any atom is 0.123 e. The van der Waals surface area contributed by atoms with Gasteiger partial charge in [-0.25, -0.2) is 4.39 Å². The molecule has 3 N–H and O–H groups in total. The van der Waals surface area contributed by atoms with Crippen molar-refractivity contribution >= 4 is 0 Å². The van der Waals surface area contributed by atoms with E-state index in [4.69, 9.17) is 10.2 Å². The highest BCUT2D eigenvalue weighted by atomic mass is 19.1. The lowest BCUT2D eigenvalue weighted by molar-refractivity contribution is 0.163. The summed E-state index contributed by atoms with van der Waals surface area (Å²) in [6.07, 6.45) is 0. The van der Waals surface area contributed by atoms with Crippen molar-refractivity contribution in [1.82, 2.24) is 5.32 Å². The molecule has 0 spiro atoms. The standard InChI is InChI=1S/C11H16FNO2/c1-8(13-11(6-14)7-15)9-3-2-4-10(12)5-9/h2-5,8,11,13-15H,6-7H2,1H3/t8-/m1/s1. The first kappa shape index (κ1) is 12.1. The highest BCUT2D eigenvalue weighted by Gasteiger charge is 2.11. The maximum absolute atomic E-state index is 12.9. The molecule has 0 fully saturated rings. The molecule has 0 aromatic heterocycles. The molecule has 0 aliphatic carbocycles. The second-order valence-corrected chi connectivity index (χ2v) is 3.51. The average Bonchev–Trinajstić information content (AvgIpc) is 2.25. The van der Waals surface area contributed by atoms with Crippen LogP contribution in [0.15, 0.2) is 24.3 Å². The fourth-order valence-electron chi connectivity index (χ4n) is 1.39. The zero-order valence-electron chi connectivity index (χ0n) is 8.65. The second kappa shape index (κ2) is 5.80. The lowest BCUT2D eigenvalue weighted by Crippen LogP contribution is -2.37. The Kier molecular flexibility index (Phi) is 4.68. The number of rotatable bonds is 5. The van der Waals surface area contributed by atoms with Crippen molar-refractivity contribution in [3.05, 3.63) is 35.6 Å². The van der Waals surface area contributed by atoms with E-state index < -0.39 is 0 Å². The number of halogens is 1. The van der Waals surface area contributed by atoms with Gasteiger partial charge in [0.05, 0.1) is 19.3 Å². The number of aliphatic hydroxyl groups is 2. The molecule has 4 heteroatoms. The van der Waals surface area contributed by atoms with Crippen molar-refractivity contribution < 1.29 is 14.6 Å². The molecule has 0 unspecified atom stereocenters. The summed E-state index contributed by atoms with van der Waals surface area (Å²) in [4.78, 5) is 0. The van der Waals surface area contributed by atoms with E-state index in [1.54, 1.807) is 12.1 Å². The van der Waals surface area contributed by atoms with Gasteiger partial charge in [-0.15, -0.1) is 0 Å². The van der Waals surface area contributed by atoms with Crippen LogP contribution in [0.5, 0.6) is 0 Å². The smallest absolute Gasteiger partial charge is 0.123 e. The molecule has 0 saturated carbocycles. The molecule has 15 heavy (non-hydrogen) atoms. The lowest BCUT2D eigenvalue weighted by atomic mass is 10.1. The molecule has 84 valence electrons. The Morgan fingerprint density at radius 3 is 2.53 bits per heavy atom. The van der Waals surface area contributed by atoms with E-state index in [1.807, 2.05) is 6.92 Å². The first-order valence-corrected chi connectivity index (χ1v) is 4.90. The van der Waals surface area contributed by atoms with Gasteiger partial charge in [0.2, 0.25) is 0 Å². The van der Waals surface area contributed by atoms with Crippen LogP contribution in [0.3, 0.4) is 0 Å². The molecule has 0 heterocycles. The molecule has 1 rings (SSSR count). The molecule has 1 atom stereocenters. The highest BCUT2D eigenvalue weighted by Crippen LogP contribution is 2.13. The molecule has 0 saturated heterocycles. The Balaban J connectivity index is 2.64. The minimum absolute atomic E-state index is 0.106. The second-order valence-electron chi connectivity index (χ2n) is 3.51. The van der Waals surface area contributed by atoms with Crippen molar-refractivity contribution in [2.24, 2.45) is 0 Å². The number of hydrogen-bond donors (Lipinski definition) is 3. The molecule has 0 aliphatic rings. The normalized spacial score (nSPS) is 13.1. The Bertz CT molecular complexity index is 302. The van der Waals surface area contributed by atoms with Crippen LogP contribution in [0.25, 0.3) is 0 Å². The van der Waals surface area contributed by atoms with Crippen LogP contribution < -0.4 is 5.32 Å². The van der Waals surface area contributed by atoms with Gasteiger partial charge in [-0.05, 0) is 24.6 Å². The third kappa shape index (κ3) is 3.58. The van der Waals surface area contributed by atoms with Crippen LogP contribution in [0.2, 0.25) is 0 Å². The van der Waals surface area contributed by atoms with Gasteiger partial charge in [-0.1, -0.05) is 12.1 Å². The Morgan fingerprint density at radius 2 is 2.00 bits per heavy atom. The predicted molar refractivity (Wildman–Crippen MR) is 55.9 cm³/mol. The average molecular weight is 213 g/mol. The Hall–Kier alpha value is -0.970. The van der Waals surface area contributed by atoms with Gasteiger partial charge in [0, 0.05) is 6.04 Å². The molecule has 1 aromatic carbocycles. The van der Waals surface area contributed by atoms with Gasteiger partial charge in [-0.2, -0.15) is 0 Å². The molecular formula is C11H16FNO2. The zero-order valence-corrected chi connectivity index (χ0v) is 8.65. The van der Waals surface area contributed by atoms with Crippen LogP contribution in [0.4, 0.5) is 4.39 Å². The van der Waals surface area contributed by atoms with E-state index >= 15 is 0 Å². The minimum Gasteiger partial charge on any atom is -0.395 e. The van der Waals surface area contributed by atoms with Crippen molar-refractivity contribution in [1.29, 1.82) is 0 Å². The Morgan fingerprint density at radius 1 is 1.33 bits per heavy atom. The van der Waals surface area contributed by atoms with Gasteiger partial charge < -0.3 is 15.5 Å². The minimum atomic E-state index is -0.372. The Labute approximate surface area is 88.6 Å². The third-order valence-corrected chi connectivity index (χ3v) is 2.28. The van der Waals surface area contributed by atoms with Crippen LogP contribution in [-0.2, 0) is 0 Å². The van der Waals surface area contributed by atoms with Gasteiger partial charge in [0.1, 0.15) is 5.82 Å². The predicted octanol–water partition coefficient (Wildman–Crippen LogP) is 0.829. The molecule has 3 nitrogen and oxygen atoms in total. The van der Waals surface area contributed by atoms with E-state index in [9.17, 15) is 4.39 Å². The SMILES string of the molecule is C[C@@H](NC(CO)CO)c1cccc(F)c1. The van der Waals surface area contributed by atoms with Crippen molar-refractivity contribution in [3.8, 4) is 0 Å². The zero-order chi connectivity index (χ0) is 11.3. The fraction of sp³-hybridized carbons (Fsp3) is 0.455. The van der Waals surface area contributed by atoms with Crippen LogP contribution in [0, 0.1) is 5.82 Å². The number of aliphatic hydroxyl groups excluding tert-OH is 2. The molecule has 0 aliphatic heterocycles. The van der Waals surface area contributed by atoms with E-state index in [1.165, 1.54) is 12.1 Å². The maximum atomic E-state index is 12.9. The summed E-state index contributed by atoms with van der Waals surface area (Å²) in [5.41, 5.74) is 0.793. The fourth-order valence-corrected chi connectivity index (χ4v) is 1.39. The highest BCUT2D eigenvalue weighted by molar-refractivity contribution is 5.19. The molecule has 0 amide bonds.